The van der Waals surface area contributed by atoms with Crippen molar-refractivity contribution in [1.82, 2.24) is 15.4 Å². The zero-order valence-electron chi connectivity index (χ0n) is 9.35. The molecule has 2 aromatic rings. The van der Waals surface area contributed by atoms with E-state index < -0.39 is 0 Å². The van der Waals surface area contributed by atoms with Gasteiger partial charge in [-0.3, -0.25) is 0 Å². The van der Waals surface area contributed by atoms with Gasteiger partial charge in [-0.05, 0) is 17.5 Å². The molecule has 0 amide bonds. The van der Waals surface area contributed by atoms with Gasteiger partial charge in [-0.1, -0.05) is 37.6 Å². The molecule has 4 heteroatoms. The number of aromatic amines is 1. The Hall–Kier alpha value is -1.68. The zero-order valence-corrected chi connectivity index (χ0v) is 9.35. The Bertz CT molecular complexity index is 419. The van der Waals surface area contributed by atoms with Crippen LogP contribution in [0, 0.1) is 0 Å². The number of hydrogen-bond acceptors (Lipinski definition) is 3. The molecule has 1 heterocycles. The smallest absolute Gasteiger partial charge is 0.104 e. The Balaban J connectivity index is 2.15. The third-order valence-corrected chi connectivity index (χ3v) is 2.63. The molecule has 0 aliphatic rings. The van der Waals surface area contributed by atoms with Crippen LogP contribution in [-0.2, 0) is 6.42 Å². The van der Waals surface area contributed by atoms with E-state index >= 15 is 0 Å². The number of nitrogens with two attached hydrogens (primary N) is 1. The summed E-state index contributed by atoms with van der Waals surface area (Å²) in [4.78, 5) is 0. The molecule has 0 spiro atoms. The maximum absolute atomic E-state index is 6.06. The first-order valence-corrected chi connectivity index (χ1v) is 5.51. The summed E-state index contributed by atoms with van der Waals surface area (Å²) >= 11 is 0. The van der Waals surface area contributed by atoms with Gasteiger partial charge in [-0.25, -0.2) is 0 Å². The van der Waals surface area contributed by atoms with Crippen LogP contribution in [0.25, 0.3) is 0 Å². The fourth-order valence-corrected chi connectivity index (χ4v) is 1.71. The van der Waals surface area contributed by atoms with E-state index in [0.717, 1.165) is 24.1 Å². The molecule has 1 aromatic carbocycles. The minimum absolute atomic E-state index is 0.200. The predicted molar refractivity (Wildman–Crippen MR) is 62.9 cm³/mol. The maximum Gasteiger partial charge on any atom is 0.104 e. The van der Waals surface area contributed by atoms with Gasteiger partial charge in [0.25, 0.3) is 0 Å². The third-order valence-electron chi connectivity index (χ3n) is 2.63. The minimum atomic E-state index is -0.200. The number of hydrogen-bond donors (Lipinski definition) is 2. The topological polar surface area (TPSA) is 67.6 Å². The van der Waals surface area contributed by atoms with E-state index in [1.54, 1.807) is 6.20 Å². The van der Waals surface area contributed by atoms with Gasteiger partial charge in [0.2, 0.25) is 0 Å². The number of aromatic nitrogens is 3. The van der Waals surface area contributed by atoms with Crippen LogP contribution in [0.4, 0.5) is 0 Å². The molecular formula is C12H16N4. The average molecular weight is 216 g/mol. The van der Waals surface area contributed by atoms with Crippen molar-refractivity contribution in [2.45, 2.75) is 25.8 Å². The number of H-pyrrole nitrogens is 1. The molecule has 0 aliphatic heterocycles. The van der Waals surface area contributed by atoms with Crippen LogP contribution in [0.1, 0.15) is 36.2 Å². The van der Waals surface area contributed by atoms with Gasteiger partial charge < -0.3 is 5.73 Å². The number of benzene rings is 1. The highest BCUT2D eigenvalue weighted by atomic mass is 15.3. The highest BCUT2D eigenvalue weighted by molar-refractivity contribution is 5.29. The van der Waals surface area contributed by atoms with Gasteiger partial charge >= 0.3 is 0 Å². The summed E-state index contributed by atoms with van der Waals surface area (Å²) in [6.07, 6.45) is 3.93. The van der Waals surface area contributed by atoms with Gasteiger partial charge in [0.05, 0.1) is 12.2 Å². The van der Waals surface area contributed by atoms with Crippen molar-refractivity contribution in [2.24, 2.45) is 5.73 Å². The Morgan fingerprint density at radius 1 is 1.31 bits per heavy atom. The molecule has 4 nitrogen and oxygen atoms in total. The maximum atomic E-state index is 6.06. The van der Waals surface area contributed by atoms with Gasteiger partial charge in [-0.15, -0.1) is 0 Å². The number of aryl methyl sites for hydroxylation is 1. The second-order valence-corrected chi connectivity index (χ2v) is 3.86. The Morgan fingerprint density at radius 2 is 2.06 bits per heavy atom. The lowest BCUT2D eigenvalue weighted by Gasteiger charge is -2.09. The normalized spacial score (nSPS) is 12.6. The van der Waals surface area contributed by atoms with Gasteiger partial charge in [0.1, 0.15) is 5.69 Å². The summed E-state index contributed by atoms with van der Waals surface area (Å²) in [7, 11) is 0. The summed E-state index contributed by atoms with van der Waals surface area (Å²) in [6.45, 7) is 2.18. The van der Waals surface area contributed by atoms with Crippen LogP contribution >= 0.6 is 0 Å². The van der Waals surface area contributed by atoms with E-state index in [2.05, 4.69) is 46.6 Å². The lowest BCUT2D eigenvalue weighted by molar-refractivity contribution is 0.808. The van der Waals surface area contributed by atoms with Gasteiger partial charge in [-0.2, -0.15) is 15.4 Å². The van der Waals surface area contributed by atoms with Crippen molar-refractivity contribution >= 4 is 0 Å². The molecule has 16 heavy (non-hydrogen) atoms. The number of nitrogens with one attached hydrogen (secondary N) is 1. The minimum Gasteiger partial charge on any atom is -0.319 e. The second kappa shape index (κ2) is 4.90. The zero-order chi connectivity index (χ0) is 11.4. The van der Waals surface area contributed by atoms with E-state index in [0.29, 0.717) is 0 Å². The standard InChI is InChI=1S/C12H16N4/c1-2-3-9-4-6-10(7-5-9)12(13)11-8-14-16-15-11/h4-8,12H,2-3,13H2,1H3,(H,14,15,16). The van der Waals surface area contributed by atoms with Crippen molar-refractivity contribution in [3.63, 3.8) is 0 Å². The van der Waals surface area contributed by atoms with Crippen molar-refractivity contribution in [1.29, 1.82) is 0 Å². The SMILES string of the molecule is CCCc1ccc(C(N)c2cn[nH]n2)cc1. The first kappa shape index (κ1) is 10.8. The molecule has 0 saturated carbocycles. The molecule has 3 N–H and O–H groups in total. The molecule has 1 aromatic heterocycles. The predicted octanol–water partition coefficient (Wildman–Crippen LogP) is 1.81. The van der Waals surface area contributed by atoms with Crippen LogP contribution in [0.15, 0.2) is 30.5 Å². The Labute approximate surface area is 94.9 Å². The molecule has 0 saturated heterocycles. The van der Waals surface area contributed by atoms with Crippen LogP contribution in [-0.4, -0.2) is 15.4 Å². The number of rotatable bonds is 4. The first-order valence-electron chi connectivity index (χ1n) is 5.51. The molecule has 2 rings (SSSR count). The second-order valence-electron chi connectivity index (χ2n) is 3.86. The Kier molecular flexibility index (Phi) is 3.31. The molecular weight excluding hydrogens is 200 g/mol. The summed E-state index contributed by atoms with van der Waals surface area (Å²) in [5, 5.41) is 10.3. The van der Waals surface area contributed by atoms with Crippen molar-refractivity contribution < 1.29 is 0 Å². The molecule has 0 bridgehead atoms. The van der Waals surface area contributed by atoms with E-state index in [9.17, 15) is 0 Å². The summed E-state index contributed by atoms with van der Waals surface area (Å²) in [5.74, 6) is 0. The van der Waals surface area contributed by atoms with Crippen LogP contribution < -0.4 is 5.73 Å². The van der Waals surface area contributed by atoms with E-state index in [1.165, 1.54) is 5.56 Å². The van der Waals surface area contributed by atoms with Crippen LogP contribution in [0.5, 0.6) is 0 Å². The highest BCUT2D eigenvalue weighted by Crippen LogP contribution is 2.17. The van der Waals surface area contributed by atoms with Crippen molar-refractivity contribution in [3.05, 3.63) is 47.3 Å². The fourth-order valence-electron chi connectivity index (χ4n) is 1.71. The first-order chi connectivity index (χ1) is 7.81. The molecule has 84 valence electrons. The molecule has 0 radical (unpaired) electrons. The number of nitrogens with zero attached hydrogens (tertiary/aromatic N) is 2. The monoisotopic (exact) mass is 216 g/mol. The van der Waals surface area contributed by atoms with Crippen molar-refractivity contribution in [2.75, 3.05) is 0 Å². The average Bonchev–Trinajstić information content (AvgIpc) is 2.83. The fraction of sp³-hybridized carbons (Fsp3) is 0.333. The molecule has 1 unspecified atom stereocenters. The molecule has 0 aliphatic carbocycles. The third kappa shape index (κ3) is 2.28. The highest BCUT2D eigenvalue weighted by Gasteiger charge is 2.10. The summed E-state index contributed by atoms with van der Waals surface area (Å²) in [5.41, 5.74) is 9.24. The van der Waals surface area contributed by atoms with Gasteiger partial charge in [0.15, 0.2) is 0 Å². The Morgan fingerprint density at radius 3 is 2.62 bits per heavy atom. The quantitative estimate of drug-likeness (QED) is 0.819. The lowest BCUT2D eigenvalue weighted by atomic mass is 10.0. The van der Waals surface area contributed by atoms with E-state index in [1.807, 2.05) is 0 Å². The van der Waals surface area contributed by atoms with E-state index in [-0.39, 0.29) is 6.04 Å². The van der Waals surface area contributed by atoms with Crippen LogP contribution in [0.2, 0.25) is 0 Å². The lowest BCUT2D eigenvalue weighted by Crippen LogP contribution is -2.12. The van der Waals surface area contributed by atoms with Crippen molar-refractivity contribution in [3.8, 4) is 0 Å². The summed E-state index contributed by atoms with van der Waals surface area (Å²) < 4.78 is 0. The summed E-state index contributed by atoms with van der Waals surface area (Å²) in [6, 6.07) is 8.17. The largest absolute Gasteiger partial charge is 0.319 e. The van der Waals surface area contributed by atoms with Crippen LogP contribution in [0.3, 0.4) is 0 Å². The van der Waals surface area contributed by atoms with E-state index in [4.69, 9.17) is 5.73 Å². The molecule has 0 fully saturated rings. The molecule has 1 atom stereocenters. The van der Waals surface area contributed by atoms with Gasteiger partial charge in [0, 0.05) is 0 Å².